The first kappa shape index (κ1) is 29.7. The van der Waals surface area contributed by atoms with Gasteiger partial charge in [0.15, 0.2) is 9.84 Å². The molecule has 3 aromatic carbocycles. The van der Waals surface area contributed by atoms with Crippen LogP contribution in [0.1, 0.15) is 65.9 Å². The molecule has 40 heavy (non-hydrogen) atoms. The molecule has 1 N–H and O–H groups in total. The number of carbonyl (C=O) groups is 2. The highest BCUT2D eigenvalue weighted by molar-refractivity contribution is 7.91. The van der Waals surface area contributed by atoms with Gasteiger partial charge >= 0.3 is 0 Å². The van der Waals surface area contributed by atoms with Gasteiger partial charge in [-0.2, -0.15) is 0 Å². The van der Waals surface area contributed by atoms with E-state index < -0.39 is 15.8 Å². The smallest absolute Gasteiger partial charge is 0.232 e. The Labute approximate surface area is 245 Å². The zero-order valence-electron chi connectivity index (χ0n) is 22.7. The minimum absolute atomic E-state index is 0.0137. The Bertz CT molecular complexity index is 1620. The normalized spacial score (nSPS) is 12.2. The van der Waals surface area contributed by atoms with E-state index in [1.807, 2.05) is 18.2 Å². The summed E-state index contributed by atoms with van der Waals surface area (Å²) < 4.78 is 24.3. The van der Waals surface area contributed by atoms with Crippen molar-refractivity contribution in [1.29, 1.82) is 0 Å². The lowest BCUT2D eigenvalue weighted by atomic mass is 9.98. The van der Waals surface area contributed by atoms with Gasteiger partial charge in [-0.15, -0.1) is 11.3 Å². The zero-order valence-corrected chi connectivity index (χ0v) is 25.1. The lowest BCUT2D eigenvalue weighted by molar-refractivity contribution is -0.117. The molecule has 1 amide bonds. The van der Waals surface area contributed by atoms with Gasteiger partial charge in [0.2, 0.25) is 11.7 Å². The first-order valence-corrected chi connectivity index (χ1v) is 16.1. The van der Waals surface area contributed by atoms with E-state index in [0.29, 0.717) is 26.0 Å². The van der Waals surface area contributed by atoms with Crippen LogP contribution in [0.25, 0.3) is 11.1 Å². The van der Waals surface area contributed by atoms with Crippen LogP contribution in [-0.2, 0) is 21.1 Å². The monoisotopic (exact) mass is 593 g/mol. The number of sulfone groups is 1. The van der Waals surface area contributed by atoms with Gasteiger partial charge in [0.25, 0.3) is 0 Å². The summed E-state index contributed by atoms with van der Waals surface area (Å²) in [6.07, 6.45) is 3.11. The number of nitrogens with one attached hydrogen (secondary N) is 1. The van der Waals surface area contributed by atoms with Gasteiger partial charge in [0.1, 0.15) is 0 Å². The van der Waals surface area contributed by atoms with E-state index in [1.165, 1.54) is 29.0 Å². The Morgan fingerprint density at radius 2 is 1.68 bits per heavy atom. The molecule has 0 fully saturated rings. The lowest BCUT2D eigenvalue weighted by Crippen LogP contribution is -2.18. The van der Waals surface area contributed by atoms with Crippen molar-refractivity contribution in [3.05, 3.63) is 105 Å². The lowest BCUT2D eigenvalue weighted by Gasteiger charge is -2.12. The van der Waals surface area contributed by atoms with Gasteiger partial charge in [-0.3, -0.25) is 9.59 Å². The van der Waals surface area contributed by atoms with Gasteiger partial charge < -0.3 is 5.32 Å². The molecule has 0 aliphatic rings. The summed E-state index contributed by atoms with van der Waals surface area (Å²) >= 11 is 7.60. The minimum atomic E-state index is -3.32. The number of amides is 1. The summed E-state index contributed by atoms with van der Waals surface area (Å²) in [6, 6.07) is 23.3. The molecule has 0 saturated heterocycles. The van der Waals surface area contributed by atoms with Crippen molar-refractivity contribution in [2.45, 2.75) is 50.8 Å². The largest absolute Gasteiger partial charge is 0.317 e. The number of anilines is 1. The van der Waals surface area contributed by atoms with E-state index in [4.69, 9.17) is 11.6 Å². The fraction of sp³-hybridized carbons (Fsp3) is 0.250. The van der Waals surface area contributed by atoms with Crippen LogP contribution >= 0.6 is 22.9 Å². The molecule has 8 heteroatoms. The molecule has 0 aliphatic heterocycles. The van der Waals surface area contributed by atoms with Crippen LogP contribution in [0.15, 0.2) is 83.8 Å². The van der Waals surface area contributed by atoms with Crippen molar-refractivity contribution < 1.29 is 18.0 Å². The third-order valence-electron chi connectivity index (χ3n) is 6.87. The first-order valence-electron chi connectivity index (χ1n) is 13.3. The molecular formula is C32H32ClNO4S2. The SMILES string of the molecule is CCCCc1cccc(-c2cc(NC(=O)C(C)c3ccc(S(=O)(=O)CC)cc3)sc2C(=O)c2ccccc2Cl)c1. The van der Waals surface area contributed by atoms with E-state index in [-0.39, 0.29) is 22.3 Å². The maximum atomic E-state index is 13.7. The number of aryl methyl sites for hydroxylation is 1. The molecule has 1 atom stereocenters. The number of thiophene rings is 1. The minimum Gasteiger partial charge on any atom is -0.317 e. The van der Waals surface area contributed by atoms with Crippen molar-refractivity contribution in [1.82, 2.24) is 0 Å². The van der Waals surface area contributed by atoms with E-state index in [2.05, 4.69) is 24.4 Å². The van der Waals surface area contributed by atoms with Crippen LogP contribution < -0.4 is 5.32 Å². The summed E-state index contributed by atoms with van der Waals surface area (Å²) in [4.78, 5) is 27.7. The predicted octanol–water partition coefficient (Wildman–Crippen LogP) is 8.18. The number of carbonyl (C=O) groups excluding carboxylic acids is 2. The molecule has 1 heterocycles. The quantitative estimate of drug-likeness (QED) is 0.178. The van der Waals surface area contributed by atoms with Crippen molar-refractivity contribution in [3.8, 4) is 11.1 Å². The van der Waals surface area contributed by atoms with E-state index in [1.54, 1.807) is 50.2 Å². The molecule has 0 aliphatic carbocycles. The Morgan fingerprint density at radius 3 is 2.35 bits per heavy atom. The van der Waals surface area contributed by atoms with Gasteiger partial charge in [-0.1, -0.05) is 80.4 Å². The number of hydrogen-bond donors (Lipinski definition) is 1. The maximum absolute atomic E-state index is 13.7. The second kappa shape index (κ2) is 12.9. The second-order valence-electron chi connectivity index (χ2n) is 9.65. The molecule has 1 aromatic heterocycles. The van der Waals surface area contributed by atoms with Crippen molar-refractivity contribution in [2.75, 3.05) is 11.1 Å². The van der Waals surface area contributed by atoms with Crippen LogP contribution in [0.2, 0.25) is 5.02 Å². The van der Waals surface area contributed by atoms with Crippen LogP contribution in [0.5, 0.6) is 0 Å². The standard InChI is InChI=1S/C32H32ClNO4S2/c1-4-6-10-22-11-9-12-24(19-22)27-20-29(39-31(27)30(35)26-13-7-8-14-28(26)33)34-32(36)21(3)23-15-17-25(18-16-23)40(37,38)5-2/h7-9,11-21H,4-6,10H2,1-3H3,(H,34,36). The Kier molecular flexibility index (Phi) is 9.61. The highest BCUT2D eigenvalue weighted by Gasteiger charge is 2.24. The summed E-state index contributed by atoms with van der Waals surface area (Å²) in [5.74, 6) is -0.984. The highest BCUT2D eigenvalue weighted by Crippen LogP contribution is 2.38. The third-order valence-corrected chi connectivity index (χ3v) is 10.0. The summed E-state index contributed by atoms with van der Waals surface area (Å²) in [6.45, 7) is 5.52. The maximum Gasteiger partial charge on any atom is 0.232 e. The summed E-state index contributed by atoms with van der Waals surface area (Å²) in [5.41, 5.74) is 3.93. The summed E-state index contributed by atoms with van der Waals surface area (Å²) in [5, 5.41) is 3.89. The Hall–Kier alpha value is -3.26. The number of benzene rings is 3. The highest BCUT2D eigenvalue weighted by atomic mass is 35.5. The van der Waals surface area contributed by atoms with Crippen LogP contribution in [0.4, 0.5) is 5.00 Å². The van der Waals surface area contributed by atoms with Crippen molar-refractivity contribution in [2.24, 2.45) is 0 Å². The topological polar surface area (TPSA) is 80.3 Å². The molecule has 1 unspecified atom stereocenters. The molecule has 0 radical (unpaired) electrons. The zero-order chi connectivity index (χ0) is 28.9. The number of rotatable bonds is 11. The Morgan fingerprint density at radius 1 is 0.950 bits per heavy atom. The Balaban J connectivity index is 1.66. The number of halogens is 1. The summed E-state index contributed by atoms with van der Waals surface area (Å²) in [7, 11) is -3.32. The predicted molar refractivity (Wildman–Crippen MR) is 164 cm³/mol. The van der Waals surface area contributed by atoms with E-state index >= 15 is 0 Å². The molecule has 4 aromatic rings. The molecule has 4 rings (SSSR count). The average Bonchev–Trinajstić information content (AvgIpc) is 3.39. The van der Waals surface area contributed by atoms with Crippen LogP contribution in [-0.4, -0.2) is 25.9 Å². The molecule has 0 bridgehead atoms. The molecule has 0 saturated carbocycles. The van der Waals surface area contributed by atoms with Crippen molar-refractivity contribution >= 4 is 49.5 Å². The van der Waals surface area contributed by atoms with Crippen LogP contribution in [0, 0.1) is 0 Å². The third kappa shape index (κ3) is 6.72. The van der Waals surface area contributed by atoms with Gasteiger partial charge in [0.05, 0.1) is 31.5 Å². The molecular weight excluding hydrogens is 562 g/mol. The van der Waals surface area contributed by atoms with Gasteiger partial charge in [-0.25, -0.2) is 8.42 Å². The molecule has 5 nitrogen and oxygen atoms in total. The first-order chi connectivity index (χ1) is 19.1. The van der Waals surface area contributed by atoms with Gasteiger partial charge in [-0.05, 0) is 66.8 Å². The van der Waals surface area contributed by atoms with Crippen LogP contribution in [0.3, 0.4) is 0 Å². The van der Waals surface area contributed by atoms with E-state index in [9.17, 15) is 18.0 Å². The number of hydrogen-bond acceptors (Lipinski definition) is 5. The molecule has 0 spiro atoms. The number of ketones is 1. The second-order valence-corrected chi connectivity index (χ2v) is 13.4. The fourth-order valence-corrected chi connectivity index (χ4v) is 6.53. The average molecular weight is 594 g/mol. The fourth-order valence-electron chi connectivity index (χ4n) is 4.39. The molecule has 208 valence electrons. The number of unbranched alkanes of at least 4 members (excludes halogenated alkanes) is 1. The van der Waals surface area contributed by atoms with E-state index in [0.717, 1.165) is 30.4 Å². The van der Waals surface area contributed by atoms with Crippen molar-refractivity contribution in [3.63, 3.8) is 0 Å². The van der Waals surface area contributed by atoms with Gasteiger partial charge in [0, 0.05) is 11.1 Å².